The smallest absolute Gasteiger partial charge is 0.143 e. The van der Waals surface area contributed by atoms with E-state index in [4.69, 9.17) is 5.26 Å². The molecule has 13 heavy (non-hydrogen) atoms. The van der Waals surface area contributed by atoms with Crippen molar-refractivity contribution >= 4 is 0 Å². The summed E-state index contributed by atoms with van der Waals surface area (Å²) in [6, 6.07) is 3.59. The second kappa shape index (κ2) is 3.90. The molecule has 1 aromatic heterocycles. The molecule has 0 fully saturated rings. The normalized spacial score (nSPS) is 9.62. The number of aromatic nitrogens is 1. The Labute approximate surface area is 77.7 Å². The number of pyridine rings is 1. The molecule has 1 aromatic rings. The van der Waals surface area contributed by atoms with Gasteiger partial charge in [-0.25, -0.2) is 4.98 Å². The number of rotatable bonds is 2. The first-order valence-corrected chi connectivity index (χ1v) is 4.28. The molecule has 0 saturated heterocycles. The van der Waals surface area contributed by atoms with E-state index in [1.165, 1.54) is 0 Å². The Morgan fingerprint density at radius 1 is 1.62 bits per heavy atom. The van der Waals surface area contributed by atoms with Crippen LogP contribution >= 0.6 is 0 Å². The Hall–Kier alpha value is -1.56. The molecule has 3 nitrogen and oxygen atoms in total. The molecule has 0 saturated carbocycles. The van der Waals surface area contributed by atoms with Crippen molar-refractivity contribution in [1.82, 2.24) is 4.98 Å². The van der Waals surface area contributed by atoms with Gasteiger partial charge in [0.1, 0.15) is 17.5 Å². The Kier molecular flexibility index (Phi) is 2.86. The fourth-order valence-electron chi connectivity index (χ4n) is 1.17. The lowest BCUT2D eigenvalue weighted by Crippen LogP contribution is -1.95. The zero-order valence-corrected chi connectivity index (χ0v) is 7.83. The lowest BCUT2D eigenvalue weighted by Gasteiger charge is -2.04. The fourth-order valence-corrected chi connectivity index (χ4v) is 1.17. The highest BCUT2D eigenvalue weighted by atomic mass is 16.3. The van der Waals surface area contributed by atoms with Gasteiger partial charge in [0.05, 0.1) is 5.69 Å². The van der Waals surface area contributed by atoms with Gasteiger partial charge in [-0.1, -0.05) is 13.3 Å². The number of nitrogens with zero attached hydrogens (tertiary/aromatic N) is 2. The molecule has 1 rings (SSSR count). The zero-order chi connectivity index (χ0) is 9.84. The number of hydrogen-bond donors (Lipinski definition) is 1. The molecule has 0 bridgehead atoms. The van der Waals surface area contributed by atoms with Gasteiger partial charge in [0.25, 0.3) is 0 Å². The maximum absolute atomic E-state index is 9.47. The van der Waals surface area contributed by atoms with Crippen molar-refractivity contribution in [2.75, 3.05) is 0 Å². The van der Waals surface area contributed by atoms with E-state index < -0.39 is 0 Å². The van der Waals surface area contributed by atoms with Crippen LogP contribution in [-0.4, -0.2) is 10.1 Å². The van der Waals surface area contributed by atoms with Crippen LogP contribution in [0.25, 0.3) is 0 Å². The van der Waals surface area contributed by atoms with Crippen molar-refractivity contribution in [2.24, 2.45) is 0 Å². The summed E-state index contributed by atoms with van der Waals surface area (Å²) in [7, 11) is 0. The zero-order valence-electron chi connectivity index (χ0n) is 7.83. The molecule has 0 aromatic carbocycles. The van der Waals surface area contributed by atoms with Gasteiger partial charge in [0.2, 0.25) is 0 Å². The summed E-state index contributed by atoms with van der Waals surface area (Å²) >= 11 is 0. The van der Waals surface area contributed by atoms with E-state index >= 15 is 0 Å². The van der Waals surface area contributed by atoms with Gasteiger partial charge in [0, 0.05) is 0 Å². The molecule has 0 unspecified atom stereocenters. The third kappa shape index (κ3) is 1.97. The molecule has 0 spiro atoms. The standard InChI is InChI=1S/C10H12N2O/c1-3-4-8-10(13)5-7(2)9(6-11)12-8/h5,13H,3-4H2,1-2H3. The highest BCUT2D eigenvalue weighted by molar-refractivity contribution is 5.39. The first-order chi connectivity index (χ1) is 6.19. The molecular weight excluding hydrogens is 164 g/mol. The third-order valence-corrected chi connectivity index (χ3v) is 1.86. The van der Waals surface area contributed by atoms with E-state index in [0.717, 1.165) is 12.0 Å². The van der Waals surface area contributed by atoms with E-state index in [-0.39, 0.29) is 5.75 Å². The number of aryl methyl sites for hydroxylation is 2. The first-order valence-electron chi connectivity index (χ1n) is 4.28. The summed E-state index contributed by atoms with van der Waals surface area (Å²) in [5, 5.41) is 18.2. The largest absolute Gasteiger partial charge is 0.506 e. The van der Waals surface area contributed by atoms with E-state index in [2.05, 4.69) is 4.98 Å². The van der Waals surface area contributed by atoms with E-state index in [0.29, 0.717) is 17.8 Å². The SMILES string of the molecule is CCCc1nc(C#N)c(C)cc1O. The molecule has 0 aliphatic heterocycles. The second-order valence-electron chi connectivity index (χ2n) is 2.98. The Morgan fingerprint density at radius 3 is 2.85 bits per heavy atom. The van der Waals surface area contributed by atoms with Gasteiger partial charge in [-0.05, 0) is 25.0 Å². The number of aromatic hydroxyl groups is 1. The van der Waals surface area contributed by atoms with Crippen LogP contribution in [0.5, 0.6) is 5.75 Å². The van der Waals surface area contributed by atoms with Crippen LogP contribution in [0.1, 0.15) is 30.3 Å². The van der Waals surface area contributed by atoms with Crippen molar-refractivity contribution in [3.8, 4) is 11.8 Å². The van der Waals surface area contributed by atoms with Crippen molar-refractivity contribution in [3.05, 3.63) is 23.0 Å². The van der Waals surface area contributed by atoms with Gasteiger partial charge in [-0.2, -0.15) is 5.26 Å². The molecule has 1 heterocycles. The Balaban J connectivity index is 3.16. The maximum Gasteiger partial charge on any atom is 0.143 e. The van der Waals surface area contributed by atoms with Crippen molar-refractivity contribution in [1.29, 1.82) is 5.26 Å². The van der Waals surface area contributed by atoms with Crippen LogP contribution in [0.15, 0.2) is 6.07 Å². The minimum Gasteiger partial charge on any atom is -0.506 e. The van der Waals surface area contributed by atoms with Crippen LogP contribution < -0.4 is 0 Å². The number of hydrogen-bond acceptors (Lipinski definition) is 3. The first kappa shape index (κ1) is 9.53. The monoisotopic (exact) mass is 176 g/mol. The summed E-state index contributed by atoms with van der Waals surface area (Å²) < 4.78 is 0. The summed E-state index contributed by atoms with van der Waals surface area (Å²) in [6.07, 6.45) is 1.62. The van der Waals surface area contributed by atoms with Crippen molar-refractivity contribution < 1.29 is 5.11 Å². The molecule has 0 atom stereocenters. The Bertz CT molecular complexity index is 353. The van der Waals surface area contributed by atoms with E-state index in [1.54, 1.807) is 13.0 Å². The van der Waals surface area contributed by atoms with Gasteiger partial charge in [-0.3, -0.25) is 0 Å². The molecule has 1 N–H and O–H groups in total. The molecular formula is C10H12N2O. The predicted molar refractivity (Wildman–Crippen MR) is 49.3 cm³/mol. The molecule has 3 heteroatoms. The second-order valence-corrected chi connectivity index (χ2v) is 2.98. The van der Waals surface area contributed by atoms with Crippen molar-refractivity contribution in [2.45, 2.75) is 26.7 Å². The summed E-state index contributed by atoms with van der Waals surface area (Å²) in [4.78, 5) is 4.07. The molecule has 68 valence electrons. The topological polar surface area (TPSA) is 56.9 Å². The van der Waals surface area contributed by atoms with Crippen LogP contribution in [0.4, 0.5) is 0 Å². The van der Waals surface area contributed by atoms with Crippen LogP contribution in [0.2, 0.25) is 0 Å². The van der Waals surface area contributed by atoms with Gasteiger partial charge in [0.15, 0.2) is 0 Å². The van der Waals surface area contributed by atoms with Crippen LogP contribution in [-0.2, 0) is 6.42 Å². The highest BCUT2D eigenvalue weighted by Crippen LogP contribution is 2.19. The van der Waals surface area contributed by atoms with E-state index in [9.17, 15) is 5.11 Å². The lowest BCUT2D eigenvalue weighted by atomic mass is 10.1. The lowest BCUT2D eigenvalue weighted by molar-refractivity contribution is 0.462. The molecule has 0 aliphatic rings. The molecule has 0 amide bonds. The summed E-state index contributed by atoms with van der Waals surface area (Å²) in [5.41, 5.74) is 1.74. The molecule has 0 aliphatic carbocycles. The Morgan fingerprint density at radius 2 is 2.31 bits per heavy atom. The summed E-state index contributed by atoms with van der Waals surface area (Å²) in [6.45, 7) is 3.77. The van der Waals surface area contributed by atoms with Gasteiger partial charge < -0.3 is 5.11 Å². The average Bonchev–Trinajstić information content (AvgIpc) is 2.10. The van der Waals surface area contributed by atoms with Gasteiger partial charge >= 0.3 is 0 Å². The molecule has 0 radical (unpaired) electrons. The third-order valence-electron chi connectivity index (χ3n) is 1.86. The quantitative estimate of drug-likeness (QED) is 0.748. The minimum absolute atomic E-state index is 0.193. The number of nitriles is 1. The van der Waals surface area contributed by atoms with E-state index in [1.807, 2.05) is 13.0 Å². The highest BCUT2D eigenvalue weighted by Gasteiger charge is 2.06. The van der Waals surface area contributed by atoms with Crippen LogP contribution in [0.3, 0.4) is 0 Å². The maximum atomic E-state index is 9.47. The fraction of sp³-hybridized carbons (Fsp3) is 0.400. The minimum atomic E-state index is 0.193. The van der Waals surface area contributed by atoms with Gasteiger partial charge in [-0.15, -0.1) is 0 Å². The van der Waals surface area contributed by atoms with Crippen LogP contribution in [0, 0.1) is 18.3 Å². The predicted octanol–water partition coefficient (Wildman–Crippen LogP) is 1.92. The van der Waals surface area contributed by atoms with Crippen molar-refractivity contribution in [3.63, 3.8) is 0 Å². The average molecular weight is 176 g/mol. The summed E-state index contributed by atoms with van der Waals surface area (Å²) in [5.74, 6) is 0.193.